The van der Waals surface area contributed by atoms with Crippen LogP contribution in [0.2, 0.25) is 0 Å². The number of rotatable bonds is 3. The summed E-state index contributed by atoms with van der Waals surface area (Å²) in [4.78, 5) is 0.619. The predicted octanol–water partition coefficient (Wildman–Crippen LogP) is 5.32. The molecule has 0 N–H and O–H groups in total. The van der Waals surface area contributed by atoms with Crippen molar-refractivity contribution in [3.05, 3.63) is 54.4 Å². The summed E-state index contributed by atoms with van der Waals surface area (Å²) in [5.74, 6) is 0.718. The van der Waals surface area contributed by atoms with Gasteiger partial charge in [-0.3, -0.25) is 0 Å². The molecule has 0 saturated carbocycles. The Bertz CT molecular complexity index is 1040. The molecule has 0 aliphatic heterocycles. The van der Waals surface area contributed by atoms with E-state index in [4.69, 9.17) is 8.83 Å². The second-order valence-corrected chi connectivity index (χ2v) is 6.18. The summed E-state index contributed by atoms with van der Waals surface area (Å²) in [6.07, 6.45) is 3.49. The lowest BCUT2D eigenvalue weighted by molar-refractivity contribution is 0.533. The van der Waals surface area contributed by atoms with Crippen LogP contribution in [0.3, 0.4) is 0 Å². The van der Waals surface area contributed by atoms with Crippen molar-refractivity contribution in [3.63, 3.8) is 0 Å². The summed E-state index contributed by atoms with van der Waals surface area (Å²) in [6, 6.07) is 10.8. The molecule has 4 rings (SSSR count). The van der Waals surface area contributed by atoms with Gasteiger partial charge in [-0.1, -0.05) is 6.07 Å². The summed E-state index contributed by atoms with van der Waals surface area (Å²) in [6.45, 7) is 1.74. The highest BCUT2D eigenvalue weighted by Crippen LogP contribution is 2.35. The van der Waals surface area contributed by atoms with E-state index in [1.807, 2.05) is 30.5 Å². The zero-order valence-corrected chi connectivity index (χ0v) is 13.9. The molecule has 2 aromatic carbocycles. The number of hydrogen-bond acceptors (Lipinski definition) is 5. The first kappa shape index (κ1) is 15.0. The van der Waals surface area contributed by atoms with Gasteiger partial charge in [0.25, 0.3) is 0 Å². The van der Waals surface area contributed by atoms with Crippen LogP contribution in [0.1, 0.15) is 5.89 Å². The van der Waals surface area contributed by atoms with Gasteiger partial charge >= 0.3 is 0 Å². The van der Waals surface area contributed by atoms with Gasteiger partial charge in [0, 0.05) is 28.3 Å². The second kappa shape index (κ2) is 5.79. The standard InChI is InChI=1S/C18H13FN2O2S/c1-10-20-21-18(23-10)12-3-5-16-13(7-12)14(9-22-16)11-4-6-17(24-2)15(19)8-11/h3-9H,1-2H3. The molecule has 4 aromatic rings. The number of benzene rings is 2. The van der Waals surface area contributed by atoms with E-state index in [0.717, 1.165) is 27.7 Å². The molecular weight excluding hydrogens is 327 g/mol. The van der Waals surface area contributed by atoms with E-state index < -0.39 is 0 Å². The molecule has 4 nitrogen and oxygen atoms in total. The Morgan fingerprint density at radius 2 is 1.88 bits per heavy atom. The van der Waals surface area contributed by atoms with Gasteiger partial charge < -0.3 is 8.83 Å². The van der Waals surface area contributed by atoms with Gasteiger partial charge in [0.05, 0.1) is 6.26 Å². The summed E-state index contributed by atoms with van der Waals surface area (Å²) in [5, 5.41) is 8.76. The van der Waals surface area contributed by atoms with Crippen molar-refractivity contribution in [2.24, 2.45) is 0 Å². The van der Waals surface area contributed by atoms with Crippen LogP contribution in [-0.4, -0.2) is 16.5 Å². The quantitative estimate of drug-likeness (QED) is 0.472. The average molecular weight is 340 g/mol. The molecule has 0 fully saturated rings. The van der Waals surface area contributed by atoms with Crippen LogP contribution in [0, 0.1) is 12.7 Å². The molecule has 0 amide bonds. The van der Waals surface area contributed by atoms with Crippen LogP contribution < -0.4 is 0 Å². The molecule has 0 radical (unpaired) electrons. The highest BCUT2D eigenvalue weighted by Gasteiger charge is 2.13. The SMILES string of the molecule is CSc1ccc(-c2coc3ccc(-c4nnc(C)o4)cc23)cc1F. The van der Waals surface area contributed by atoms with E-state index >= 15 is 0 Å². The van der Waals surface area contributed by atoms with E-state index in [0.29, 0.717) is 16.7 Å². The number of aryl methyl sites for hydroxylation is 1. The minimum absolute atomic E-state index is 0.238. The third kappa shape index (κ3) is 2.49. The van der Waals surface area contributed by atoms with Gasteiger partial charge in [-0.25, -0.2) is 4.39 Å². The summed E-state index contributed by atoms with van der Waals surface area (Å²) >= 11 is 1.38. The van der Waals surface area contributed by atoms with E-state index in [9.17, 15) is 4.39 Å². The van der Waals surface area contributed by atoms with Gasteiger partial charge in [0.2, 0.25) is 11.8 Å². The summed E-state index contributed by atoms with van der Waals surface area (Å²) < 4.78 is 25.2. The molecule has 0 bridgehead atoms. The number of hydrogen-bond donors (Lipinski definition) is 0. The van der Waals surface area contributed by atoms with Gasteiger partial charge in [0.1, 0.15) is 11.4 Å². The van der Waals surface area contributed by atoms with Crippen LogP contribution in [0.15, 0.2) is 56.4 Å². The summed E-state index contributed by atoms with van der Waals surface area (Å²) in [7, 11) is 0. The second-order valence-electron chi connectivity index (χ2n) is 5.34. The monoisotopic (exact) mass is 340 g/mol. The maximum atomic E-state index is 14.1. The van der Waals surface area contributed by atoms with Crippen molar-refractivity contribution in [3.8, 4) is 22.6 Å². The van der Waals surface area contributed by atoms with E-state index in [-0.39, 0.29) is 5.82 Å². The van der Waals surface area contributed by atoms with Crippen LogP contribution in [0.5, 0.6) is 0 Å². The first-order valence-corrected chi connectivity index (χ1v) is 8.54. The number of halogens is 1. The van der Waals surface area contributed by atoms with E-state index in [1.165, 1.54) is 17.8 Å². The normalized spacial score (nSPS) is 11.3. The number of fused-ring (bicyclic) bond motifs is 1. The van der Waals surface area contributed by atoms with Gasteiger partial charge in [0.15, 0.2) is 0 Å². The Hall–Kier alpha value is -2.60. The van der Waals surface area contributed by atoms with Crippen molar-refractivity contribution in [2.75, 3.05) is 6.26 Å². The fourth-order valence-corrected chi connectivity index (χ4v) is 3.09. The summed E-state index contributed by atoms with van der Waals surface area (Å²) in [5.41, 5.74) is 3.11. The number of nitrogens with zero attached hydrogens (tertiary/aromatic N) is 2. The van der Waals surface area contributed by atoms with Crippen LogP contribution in [-0.2, 0) is 0 Å². The number of aromatic nitrogens is 2. The molecule has 0 unspecified atom stereocenters. The first-order chi connectivity index (χ1) is 11.7. The smallest absolute Gasteiger partial charge is 0.247 e. The molecule has 0 saturated heterocycles. The van der Waals surface area contributed by atoms with Gasteiger partial charge in [-0.15, -0.1) is 22.0 Å². The molecule has 2 heterocycles. The number of thioether (sulfide) groups is 1. The van der Waals surface area contributed by atoms with Crippen molar-refractivity contribution in [2.45, 2.75) is 11.8 Å². The lowest BCUT2D eigenvalue weighted by atomic mass is 10.0. The minimum Gasteiger partial charge on any atom is -0.464 e. The third-order valence-electron chi connectivity index (χ3n) is 3.81. The minimum atomic E-state index is -0.238. The molecule has 6 heteroatoms. The van der Waals surface area contributed by atoms with Crippen molar-refractivity contribution < 1.29 is 13.2 Å². The Morgan fingerprint density at radius 3 is 2.58 bits per heavy atom. The van der Waals surface area contributed by atoms with Crippen LogP contribution in [0.25, 0.3) is 33.6 Å². The molecule has 0 atom stereocenters. The topological polar surface area (TPSA) is 52.1 Å². The maximum Gasteiger partial charge on any atom is 0.247 e. The molecular formula is C18H13FN2O2S. The third-order valence-corrected chi connectivity index (χ3v) is 4.58. The Labute approximate surface area is 141 Å². The largest absolute Gasteiger partial charge is 0.464 e. The van der Waals surface area contributed by atoms with Crippen LogP contribution in [0.4, 0.5) is 4.39 Å². The average Bonchev–Trinajstić information content (AvgIpc) is 3.20. The van der Waals surface area contributed by atoms with Crippen molar-refractivity contribution in [1.82, 2.24) is 10.2 Å². The Morgan fingerprint density at radius 1 is 1.04 bits per heavy atom. The highest BCUT2D eigenvalue weighted by molar-refractivity contribution is 7.98. The predicted molar refractivity (Wildman–Crippen MR) is 91.4 cm³/mol. The molecule has 24 heavy (non-hydrogen) atoms. The number of furan rings is 1. The van der Waals surface area contributed by atoms with Crippen LogP contribution >= 0.6 is 11.8 Å². The van der Waals surface area contributed by atoms with Gasteiger partial charge in [-0.05, 0) is 42.2 Å². The zero-order valence-electron chi connectivity index (χ0n) is 13.0. The van der Waals surface area contributed by atoms with E-state index in [1.54, 1.807) is 19.3 Å². The molecule has 120 valence electrons. The Kier molecular flexibility index (Phi) is 3.61. The van der Waals surface area contributed by atoms with Crippen molar-refractivity contribution in [1.29, 1.82) is 0 Å². The fraction of sp³-hybridized carbons (Fsp3) is 0.111. The lowest BCUT2D eigenvalue weighted by Gasteiger charge is -2.03. The molecule has 2 aromatic heterocycles. The molecule has 0 spiro atoms. The zero-order chi connectivity index (χ0) is 16.7. The van der Waals surface area contributed by atoms with E-state index in [2.05, 4.69) is 10.2 Å². The fourth-order valence-electron chi connectivity index (χ4n) is 2.63. The van der Waals surface area contributed by atoms with Crippen molar-refractivity contribution >= 4 is 22.7 Å². The maximum absolute atomic E-state index is 14.1. The lowest BCUT2D eigenvalue weighted by Crippen LogP contribution is -1.83. The Balaban J connectivity index is 1.85. The first-order valence-electron chi connectivity index (χ1n) is 7.31. The van der Waals surface area contributed by atoms with Gasteiger partial charge in [-0.2, -0.15) is 0 Å². The highest BCUT2D eigenvalue weighted by atomic mass is 32.2. The molecule has 0 aliphatic rings. The molecule has 0 aliphatic carbocycles.